The summed E-state index contributed by atoms with van der Waals surface area (Å²) in [6, 6.07) is 83.5. The van der Waals surface area contributed by atoms with Crippen molar-refractivity contribution < 1.29 is 76.3 Å². The first kappa shape index (κ1) is 77.1. The van der Waals surface area contributed by atoms with Crippen molar-refractivity contribution >= 4 is 80.4 Å². The van der Waals surface area contributed by atoms with Crippen LogP contribution in [0.15, 0.2) is 299 Å². The summed E-state index contributed by atoms with van der Waals surface area (Å²) in [5.74, 6) is -4.24. The van der Waals surface area contributed by atoms with E-state index in [1.807, 2.05) is 166 Å². The average Bonchev–Trinajstić information content (AvgIpc) is 0.830. The van der Waals surface area contributed by atoms with E-state index in [0.717, 1.165) is 14.7 Å². The second-order valence-electron chi connectivity index (χ2n) is 23.5. The molecular formula is C81H83O16S3+3. The smallest absolute Gasteiger partial charge is 0.349 e. The van der Waals surface area contributed by atoms with Gasteiger partial charge in [0.15, 0.2) is 77.1 Å². The van der Waals surface area contributed by atoms with Crippen LogP contribution in [0.3, 0.4) is 0 Å². The van der Waals surface area contributed by atoms with E-state index in [-0.39, 0.29) is 38.6 Å². The first-order valence-corrected chi connectivity index (χ1v) is 36.1. The Morgan fingerprint density at radius 3 is 0.730 bits per heavy atom. The van der Waals surface area contributed by atoms with Gasteiger partial charge in [-0.05, 0) is 193 Å². The van der Waals surface area contributed by atoms with Crippen LogP contribution in [-0.4, -0.2) is 80.8 Å². The summed E-state index contributed by atoms with van der Waals surface area (Å²) in [6.07, 6.45) is 1.81. The Labute approximate surface area is 593 Å². The quantitative estimate of drug-likeness (QED) is 0.0193. The molecule has 0 aliphatic rings. The lowest BCUT2D eigenvalue weighted by Gasteiger charge is -2.19. The summed E-state index contributed by atoms with van der Waals surface area (Å²) >= 11 is 0. The minimum Gasteiger partial charge on any atom is -0.453 e. The third-order valence-electron chi connectivity index (χ3n) is 15.3. The van der Waals surface area contributed by atoms with E-state index < -0.39 is 91.6 Å². The van der Waals surface area contributed by atoms with Gasteiger partial charge >= 0.3 is 47.8 Å². The minimum absolute atomic E-state index is 0.266. The zero-order chi connectivity index (χ0) is 71.9. The number of carbonyl (C=O) groups excluding carboxylic acids is 8. The predicted molar refractivity (Wildman–Crippen MR) is 384 cm³/mol. The van der Waals surface area contributed by atoms with Gasteiger partial charge in [0.25, 0.3) is 0 Å². The number of rotatable bonds is 28. The zero-order valence-corrected chi connectivity index (χ0v) is 59.7. The normalized spacial score (nSPS) is 11.3. The van der Waals surface area contributed by atoms with Crippen molar-refractivity contribution in [3.63, 3.8) is 0 Å². The van der Waals surface area contributed by atoms with Crippen molar-refractivity contribution in [1.82, 2.24) is 0 Å². The molecule has 9 aromatic rings. The van der Waals surface area contributed by atoms with Crippen LogP contribution in [0.1, 0.15) is 74.7 Å². The predicted octanol–water partition coefficient (Wildman–Crippen LogP) is 15.7. The van der Waals surface area contributed by atoms with Crippen molar-refractivity contribution in [1.29, 1.82) is 0 Å². The third kappa shape index (κ3) is 24.4. The molecule has 0 aromatic heterocycles. The fraction of sp³-hybridized carbons (Fsp3) is 0.235. The summed E-state index contributed by atoms with van der Waals surface area (Å²) < 4.78 is 40.5. The van der Waals surface area contributed by atoms with Crippen molar-refractivity contribution in [2.75, 3.05) is 33.0 Å². The average molecular weight is 1410 g/mol. The molecule has 16 nitrogen and oxygen atoms in total. The van der Waals surface area contributed by atoms with E-state index in [1.165, 1.54) is 29.4 Å². The lowest BCUT2D eigenvalue weighted by molar-refractivity contribution is -0.166. The largest absolute Gasteiger partial charge is 0.453 e. The molecule has 0 radical (unpaired) electrons. The van der Waals surface area contributed by atoms with Crippen molar-refractivity contribution in [2.24, 2.45) is 16.7 Å². The SMILES string of the molecule is CCC(C)(C)C(=O)OCC(=O)OCC(=O)Oc1ccc([S+](c2ccccc2)c2ccccc2)cc1.CCC(C)(C)C(=O)OCC(=O)Oc1ccc([S+](c2ccccc2)c2ccccc2)cc1.CCC(C)C(=O)OCC(=O)OCC(=O)Oc1ccc([S+](c2ccccc2)c2ccccc2)cc1. The lowest BCUT2D eigenvalue weighted by atomic mass is 9.91. The molecule has 518 valence electrons. The molecule has 9 aromatic carbocycles. The molecule has 0 heterocycles. The summed E-state index contributed by atoms with van der Waals surface area (Å²) in [6.45, 7) is 11.7. The van der Waals surface area contributed by atoms with E-state index in [4.69, 9.17) is 37.9 Å². The first-order valence-electron chi connectivity index (χ1n) is 32.5. The number of benzene rings is 9. The Kier molecular flexibility index (Phi) is 30.4. The molecule has 0 fully saturated rings. The van der Waals surface area contributed by atoms with E-state index in [9.17, 15) is 38.4 Å². The molecule has 0 aliphatic heterocycles. The standard InChI is InChI=1S/C28H29O6S.C27H27O6S.C26H27O4S/c1-4-28(2,3)27(31)33-19-25(29)32-20-26(30)34-21-15-17-24(18-16-21)35(22-11-7-5-8-12-22)23-13-9-6-10-14-23;1-3-20(2)27(30)32-18-25(28)31-19-26(29)33-21-14-16-24(17-15-21)34(22-10-6-4-7-11-22)23-12-8-5-9-13-23;1-4-26(2,3)25(28)29-19-24(27)30-20-15-17-23(18-16-20)31(21-11-7-5-8-12-21)22-13-9-6-10-14-22/h5-18H,4,19-20H2,1-3H3;4-17,20H,3,18-19H2,1-2H3;5-18H,4,19H2,1-3H3/q3*+1. The molecule has 1 unspecified atom stereocenters. The Morgan fingerprint density at radius 2 is 0.500 bits per heavy atom. The van der Waals surface area contributed by atoms with Crippen molar-refractivity contribution in [2.45, 2.75) is 119 Å². The second-order valence-corrected chi connectivity index (χ2v) is 29.6. The van der Waals surface area contributed by atoms with E-state index in [0.29, 0.717) is 36.5 Å². The van der Waals surface area contributed by atoms with Crippen molar-refractivity contribution in [3.8, 4) is 17.2 Å². The highest BCUT2D eigenvalue weighted by atomic mass is 32.2. The maximum absolute atomic E-state index is 12.1. The van der Waals surface area contributed by atoms with Gasteiger partial charge in [-0.1, -0.05) is 137 Å². The van der Waals surface area contributed by atoms with Gasteiger partial charge in [-0.15, -0.1) is 0 Å². The molecule has 0 aliphatic carbocycles. The van der Waals surface area contributed by atoms with Gasteiger partial charge in [0.05, 0.1) is 49.4 Å². The number of hydrogen-bond acceptors (Lipinski definition) is 16. The summed E-state index contributed by atoms with van der Waals surface area (Å²) in [5.41, 5.74) is -1.31. The highest BCUT2D eigenvalue weighted by Gasteiger charge is 2.33. The minimum atomic E-state index is -0.813. The topological polar surface area (TPSA) is 210 Å². The molecule has 1 atom stereocenters. The Bertz CT molecular complexity index is 3930. The molecule has 0 bridgehead atoms. The van der Waals surface area contributed by atoms with Crippen LogP contribution < -0.4 is 14.2 Å². The van der Waals surface area contributed by atoms with Crippen LogP contribution in [0.4, 0.5) is 0 Å². The fourth-order valence-corrected chi connectivity index (χ4v) is 15.0. The van der Waals surface area contributed by atoms with Gasteiger partial charge in [-0.2, -0.15) is 0 Å². The molecule has 0 amide bonds. The molecule has 19 heteroatoms. The maximum Gasteiger partial charge on any atom is 0.349 e. The molecule has 0 saturated heterocycles. The van der Waals surface area contributed by atoms with E-state index in [1.54, 1.807) is 71.0 Å². The summed E-state index contributed by atoms with van der Waals surface area (Å²) in [4.78, 5) is 106. The van der Waals surface area contributed by atoms with Gasteiger partial charge in [-0.3, -0.25) is 14.4 Å². The third-order valence-corrected chi connectivity index (χ3v) is 22.0. The van der Waals surface area contributed by atoms with Gasteiger partial charge in [0.2, 0.25) is 0 Å². The van der Waals surface area contributed by atoms with Gasteiger partial charge in [0, 0.05) is 0 Å². The molecule has 9 rings (SSSR count). The Hall–Kier alpha value is -10.2. The maximum atomic E-state index is 12.1. The zero-order valence-electron chi connectivity index (χ0n) is 57.2. The molecule has 0 N–H and O–H groups in total. The van der Waals surface area contributed by atoms with Crippen LogP contribution in [-0.2, 0) is 94.7 Å². The fourth-order valence-electron chi connectivity index (χ4n) is 8.71. The number of esters is 8. The molecular weight excluding hydrogens is 1330 g/mol. The van der Waals surface area contributed by atoms with Crippen LogP contribution in [0.2, 0.25) is 0 Å². The number of ether oxygens (including phenoxy) is 8. The van der Waals surface area contributed by atoms with Gasteiger partial charge < -0.3 is 37.9 Å². The highest BCUT2D eigenvalue weighted by molar-refractivity contribution is 7.97. The van der Waals surface area contributed by atoms with Crippen LogP contribution in [0.25, 0.3) is 0 Å². The molecule has 100 heavy (non-hydrogen) atoms. The van der Waals surface area contributed by atoms with Crippen LogP contribution in [0.5, 0.6) is 17.2 Å². The van der Waals surface area contributed by atoms with Crippen molar-refractivity contribution in [3.05, 3.63) is 255 Å². The summed E-state index contributed by atoms with van der Waals surface area (Å²) in [5, 5.41) is 0. The summed E-state index contributed by atoms with van der Waals surface area (Å²) in [7, 11) is -0.883. The van der Waals surface area contributed by atoms with E-state index >= 15 is 0 Å². The van der Waals surface area contributed by atoms with E-state index in [2.05, 4.69) is 72.8 Å². The van der Waals surface area contributed by atoms with Gasteiger partial charge in [0.1, 0.15) is 17.2 Å². The second kappa shape index (κ2) is 39.4. The van der Waals surface area contributed by atoms with Gasteiger partial charge in [-0.25, -0.2) is 24.0 Å². The number of carbonyl (C=O) groups is 8. The highest BCUT2D eigenvalue weighted by Crippen LogP contribution is 2.35. The molecule has 0 saturated carbocycles. The molecule has 0 spiro atoms. The lowest BCUT2D eigenvalue weighted by Crippen LogP contribution is -2.29. The monoisotopic (exact) mass is 1410 g/mol. The van der Waals surface area contributed by atoms with Crippen LogP contribution in [0, 0.1) is 16.7 Å². The number of hydrogen-bond donors (Lipinski definition) is 0. The Morgan fingerprint density at radius 1 is 0.290 bits per heavy atom. The van der Waals surface area contributed by atoms with Crippen LogP contribution >= 0.6 is 0 Å². The first-order chi connectivity index (χ1) is 48.2. The Balaban J connectivity index is 0.000000211.